The van der Waals surface area contributed by atoms with E-state index in [-0.39, 0.29) is 17.3 Å². The smallest absolute Gasteiger partial charge is 0.271 e. The third kappa shape index (κ3) is 4.84. The maximum atomic E-state index is 12.5. The third-order valence-corrected chi connectivity index (χ3v) is 4.86. The van der Waals surface area contributed by atoms with E-state index in [4.69, 9.17) is 16.3 Å². The lowest BCUT2D eigenvalue weighted by atomic mass is 10.1. The number of amides is 1. The van der Waals surface area contributed by atoms with Crippen molar-refractivity contribution in [3.05, 3.63) is 80.6 Å². The number of hydrogen-bond acceptors (Lipinski definition) is 4. The first-order valence-electron chi connectivity index (χ1n) is 9.16. The highest BCUT2D eigenvalue weighted by molar-refractivity contribution is 6.30. The number of nitrogens with one attached hydrogen (secondary N) is 1. The van der Waals surface area contributed by atoms with Crippen LogP contribution in [0.3, 0.4) is 0 Å². The summed E-state index contributed by atoms with van der Waals surface area (Å²) in [6.45, 7) is 7.44. The Morgan fingerprint density at radius 2 is 1.79 bits per heavy atom. The third-order valence-electron chi connectivity index (χ3n) is 4.62. The molecule has 1 atom stereocenters. The molecule has 1 heterocycles. The number of benzene rings is 2. The number of aryl methyl sites for hydroxylation is 3. The minimum Gasteiger partial charge on any atom is -0.463 e. The first-order chi connectivity index (χ1) is 13.7. The highest BCUT2D eigenvalue weighted by Gasteiger charge is 2.17. The van der Waals surface area contributed by atoms with Crippen molar-refractivity contribution in [1.82, 2.24) is 9.78 Å². The predicted octanol–water partition coefficient (Wildman–Crippen LogP) is 4.22. The number of halogens is 1. The van der Waals surface area contributed by atoms with Crippen molar-refractivity contribution < 1.29 is 9.53 Å². The molecule has 7 heteroatoms. The Kier molecular flexibility index (Phi) is 6.03. The molecule has 0 saturated carbocycles. The summed E-state index contributed by atoms with van der Waals surface area (Å²) < 4.78 is 6.93. The van der Waals surface area contributed by atoms with E-state index in [0.717, 1.165) is 16.7 Å². The van der Waals surface area contributed by atoms with Gasteiger partial charge in [-0.15, -0.1) is 5.10 Å². The molecule has 0 aliphatic rings. The highest BCUT2D eigenvalue weighted by atomic mass is 35.5. The molecule has 0 aliphatic carbocycles. The zero-order valence-electron chi connectivity index (χ0n) is 16.7. The number of nitrogens with zero attached hydrogens (tertiary/aromatic N) is 2. The van der Waals surface area contributed by atoms with E-state index in [1.54, 1.807) is 25.1 Å². The monoisotopic (exact) mass is 411 g/mol. The van der Waals surface area contributed by atoms with Crippen molar-refractivity contribution in [3.63, 3.8) is 0 Å². The van der Waals surface area contributed by atoms with E-state index in [1.807, 2.05) is 39.0 Å². The fraction of sp³-hybridized carbons (Fsp3) is 0.227. The first-order valence-corrected chi connectivity index (χ1v) is 9.54. The lowest BCUT2D eigenvalue weighted by molar-refractivity contribution is -0.122. The molecule has 150 valence electrons. The summed E-state index contributed by atoms with van der Waals surface area (Å²) in [5, 5.41) is 7.67. The molecule has 0 radical (unpaired) electrons. The first kappa shape index (κ1) is 20.6. The Balaban J connectivity index is 1.78. The molecule has 1 aromatic heterocycles. The van der Waals surface area contributed by atoms with E-state index in [2.05, 4.69) is 10.4 Å². The average molecular weight is 412 g/mol. The molecule has 3 rings (SSSR count). The molecule has 0 saturated heterocycles. The van der Waals surface area contributed by atoms with Crippen LogP contribution in [0.5, 0.6) is 5.88 Å². The Morgan fingerprint density at radius 1 is 1.03 bits per heavy atom. The SMILES string of the molecule is Cc1ccc(-n2nc(O[C@@H](C)C(=O)Nc3ccc(Cl)cc3C)ccc2=O)cc1C. The van der Waals surface area contributed by atoms with Crippen molar-refractivity contribution in [2.75, 3.05) is 5.32 Å². The molecular weight excluding hydrogens is 390 g/mol. The maximum absolute atomic E-state index is 12.5. The van der Waals surface area contributed by atoms with Crippen molar-refractivity contribution in [2.45, 2.75) is 33.8 Å². The zero-order chi connectivity index (χ0) is 21.1. The molecule has 6 nitrogen and oxygen atoms in total. The van der Waals surface area contributed by atoms with E-state index in [0.29, 0.717) is 16.4 Å². The van der Waals surface area contributed by atoms with Crippen LogP contribution >= 0.6 is 11.6 Å². The van der Waals surface area contributed by atoms with Crippen molar-refractivity contribution in [2.24, 2.45) is 0 Å². The summed E-state index contributed by atoms with van der Waals surface area (Å²) in [6.07, 6.45) is -0.816. The minimum absolute atomic E-state index is 0.179. The van der Waals surface area contributed by atoms with Gasteiger partial charge < -0.3 is 10.1 Å². The number of anilines is 1. The van der Waals surface area contributed by atoms with E-state index < -0.39 is 6.10 Å². The van der Waals surface area contributed by atoms with Crippen LogP contribution in [0.4, 0.5) is 5.69 Å². The van der Waals surface area contributed by atoms with Gasteiger partial charge >= 0.3 is 0 Å². The van der Waals surface area contributed by atoms with Crippen LogP contribution in [0.2, 0.25) is 5.02 Å². The van der Waals surface area contributed by atoms with Gasteiger partial charge in [0.1, 0.15) is 0 Å². The van der Waals surface area contributed by atoms with Crippen LogP contribution in [0.15, 0.2) is 53.3 Å². The van der Waals surface area contributed by atoms with Gasteiger partial charge in [0.15, 0.2) is 6.10 Å². The normalized spacial score (nSPS) is 11.8. The Morgan fingerprint density at radius 3 is 2.48 bits per heavy atom. The average Bonchev–Trinajstić information content (AvgIpc) is 2.67. The van der Waals surface area contributed by atoms with E-state index in [1.165, 1.54) is 16.8 Å². The summed E-state index contributed by atoms with van der Waals surface area (Å²) in [6, 6.07) is 13.7. The van der Waals surface area contributed by atoms with Gasteiger partial charge in [-0.25, -0.2) is 0 Å². The molecule has 1 N–H and O–H groups in total. The topological polar surface area (TPSA) is 73.2 Å². The van der Waals surface area contributed by atoms with Crippen LogP contribution in [-0.4, -0.2) is 21.8 Å². The van der Waals surface area contributed by atoms with Gasteiger partial charge in [0, 0.05) is 22.8 Å². The van der Waals surface area contributed by atoms with E-state index >= 15 is 0 Å². The van der Waals surface area contributed by atoms with Crippen LogP contribution in [0.1, 0.15) is 23.6 Å². The second-order valence-corrected chi connectivity index (χ2v) is 7.34. The molecule has 1 amide bonds. The van der Waals surface area contributed by atoms with Crippen LogP contribution < -0.4 is 15.6 Å². The largest absolute Gasteiger partial charge is 0.463 e. The molecule has 0 fully saturated rings. The predicted molar refractivity (Wildman–Crippen MR) is 114 cm³/mol. The summed E-state index contributed by atoms with van der Waals surface area (Å²) >= 11 is 5.95. The molecular formula is C22H22ClN3O3. The number of ether oxygens (including phenoxy) is 1. The van der Waals surface area contributed by atoms with Gasteiger partial charge in [0.25, 0.3) is 11.5 Å². The lowest BCUT2D eigenvalue weighted by Crippen LogP contribution is -2.31. The Bertz CT molecular complexity index is 1120. The zero-order valence-corrected chi connectivity index (χ0v) is 17.4. The number of rotatable bonds is 5. The fourth-order valence-corrected chi connectivity index (χ4v) is 2.96. The summed E-state index contributed by atoms with van der Waals surface area (Å²) in [5.74, 6) is -0.153. The summed E-state index contributed by atoms with van der Waals surface area (Å²) in [5.41, 5.74) is 4.03. The lowest BCUT2D eigenvalue weighted by Gasteiger charge is -2.16. The second-order valence-electron chi connectivity index (χ2n) is 6.90. The molecule has 2 aromatic carbocycles. The van der Waals surface area contributed by atoms with Crippen LogP contribution in [0.25, 0.3) is 5.69 Å². The van der Waals surface area contributed by atoms with Crippen molar-refractivity contribution >= 4 is 23.2 Å². The van der Waals surface area contributed by atoms with Gasteiger partial charge in [0.2, 0.25) is 5.88 Å². The van der Waals surface area contributed by atoms with Gasteiger partial charge in [-0.05, 0) is 74.7 Å². The van der Waals surface area contributed by atoms with E-state index in [9.17, 15) is 9.59 Å². The quantitative estimate of drug-likeness (QED) is 0.682. The molecule has 0 unspecified atom stereocenters. The van der Waals surface area contributed by atoms with Crippen LogP contribution in [-0.2, 0) is 4.79 Å². The number of hydrogen-bond donors (Lipinski definition) is 1. The number of carbonyl (C=O) groups excluding carboxylic acids is 1. The molecule has 29 heavy (non-hydrogen) atoms. The summed E-state index contributed by atoms with van der Waals surface area (Å²) in [7, 11) is 0. The van der Waals surface area contributed by atoms with Gasteiger partial charge in [-0.3, -0.25) is 9.59 Å². The minimum atomic E-state index is -0.816. The fourth-order valence-electron chi connectivity index (χ4n) is 2.74. The second kappa shape index (κ2) is 8.49. The van der Waals surface area contributed by atoms with Crippen LogP contribution in [0, 0.1) is 20.8 Å². The molecule has 3 aromatic rings. The van der Waals surface area contributed by atoms with Gasteiger partial charge in [0.05, 0.1) is 5.69 Å². The number of carbonyl (C=O) groups is 1. The Hall–Kier alpha value is -3.12. The molecule has 0 bridgehead atoms. The molecule has 0 aliphatic heterocycles. The van der Waals surface area contributed by atoms with Gasteiger partial charge in [-0.2, -0.15) is 4.68 Å². The van der Waals surface area contributed by atoms with Gasteiger partial charge in [-0.1, -0.05) is 17.7 Å². The maximum Gasteiger partial charge on any atom is 0.271 e. The Labute approximate surface area is 174 Å². The number of aromatic nitrogens is 2. The highest BCUT2D eigenvalue weighted by Crippen LogP contribution is 2.20. The standard InChI is InChI=1S/C22H22ClN3O3/c1-13-5-7-18(12-14(13)2)26-21(27)10-9-20(25-26)29-16(4)22(28)24-19-8-6-17(23)11-15(19)3/h5-12,16H,1-4H3,(H,24,28)/t16-/m0/s1. The summed E-state index contributed by atoms with van der Waals surface area (Å²) in [4.78, 5) is 24.7. The van der Waals surface area contributed by atoms with Crippen molar-refractivity contribution in [1.29, 1.82) is 0 Å². The van der Waals surface area contributed by atoms with Crippen molar-refractivity contribution in [3.8, 4) is 11.6 Å². The molecule has 0 spiro atoms.